The minimum absolute atomic E-state index is 0.181. The van der Waals surface area contributed by atoms with Crippen LogP contribution in [-0.2, 0) is 9.84 Å². The molecular weight excluding hydrogens is 459 g/mol. The molecule has 1 aromatic heterocycles. The van der Waals surface area contributed by atoms with Gasteiger partial charge in [0, 0.05) is 29.1 Å². The van der Waals surface area contributed by atoms with Gasteiger partial charge in [0.1, 0.15) is 0 Å². The van der Waals surface area contributed by atoms with E-state index < -0.39 is 15.1 Å². The number of thiazole rings is 1. The van der Waals surface area contributed by atoms with Crippen LogP contribution < -0.4 is 4.90 Å². The Morgan fingerprint density at radius 3 is 2.37 bits per heavy atom. The van der Waals surface area contributed by atoms with Crippen molar-refractivity contribution in [1.29, 1.82) is 0 Å². The molecule has 0 N–H and O–H groups in total. The first-order valence-corrected chi connectivity index (χ1v) is 12.9. The molecule has 4 nitrogen and oxygen atoms in total. The lowest BCUT2D eigenvalue weighted by Crippen LogP contribution is -2.39. The molecule has 0 radical (unpaired) electrons. The first-order chi connectivity index (χ1) is 14.3. The van der Waals surface area contributed by atoms with Gasteiger partial charge in [-0.1, -0.05) is 53.0 Å². The summed E-state index contributed by atoms with van der Waals surface area (Å²) in [7, 11) is -3.51. The quantitative estimate of drug-likeness (QED) is 0.447. The molecule has 0 bridgehead atoms. The van der Waals surface area contributed by atoms with Crippen LogP contribution in [0.25, 0.3) is 11.3 Å². The lowest BCUT2D eigenvalue weighted by molar-refractivity contribution is 0.529. The summed E-state index contributed by atoms with van der Waals surface area (Å²) >= 11 is 13.9. The molecule has 1 aliphatic rings. The fourth-order valence-electron chi connectivity index (χ4n) is 3.65. The van der Waals surface area contributed by atoms with Gasteiger partial charge in [0.15, 0.2) is 15.0 Å². The summed E-state index contributed by atoms with van der Waals surface area (Å²) in [6, 6.07) is 11.4. The molecule has 1 saturated heterocycles. The van der Waals surface area contributed by atoms with Gasteiger partial charge in [0.05, 0.1) is 20.9 Å². The third-order valence-corrected chi connectivity index (χ3v) is 9.54. The standard InChI is InChI=1S/C22H22Cl2N2O2S2/c1-14-3-5-16(6-4-14)20-13-29-22(25-20)26-9-7-17(8-10-26)30(27,28)21-11-15(2)18(23)12-19(21)24/h3-6,11-13,17H,7-10H2,1-2H3. The fourth-order valence-corrected chi connectivity index (χ4v) is 7.11. The highest BCUT2D eigenvalue weighted by molar-refractivity contribution is 7.92. The van der Waals surface area contributed by atoms with E-state index >= 15 is 0 Å². The Morgan fingerprint density at radius 2 is 1.70 bits per heavy atom. The van der Waals surface area contributed by atoms with Crippen molar-refractivity contribution in [2.45, 2.75) is 36.8 Å². The van der Waals surface area contributed by atoms with E-state index in [-0.39, 0.29) is 9.92 Å². The fraction of sp³-hybridized carbons (Fsp3) is 0.318. The summed E-state index contributed by atoms with van der Waals surface area (Å²) in [5.74, 6) is 0. The van der Waals surface area contributed by atoms with Gasteiger partial charge in [-0.15, -0.1) is 11.3 Å². The van der Waals surface area contributed by atoms with E-state index in [1.807, 2.05) is 0 Å². The molecule has 158 valence electrons. The predicted molar refractivity (Wildman–Crippen MR) is 126 cm³/mol. The molecule has 3 aromatic rings. The molecular formula is C22H22Cl2N2O2S2. The molecule has 30 heavy (non-hydrogen) atoms. The average Bonchev–Trinajstić information content (AvgIpc) is 3.21. The van der Waals surface area contributed by atoms with Gasteiger partial charge in [0.25, 0.3) is 0 Å². The van der Waals surface area contributed by atoms with Crippen LogP contribution in [0.3, 0.4) is 0 Å². The third-order valence-electron chi connectivity index (χ3n) is 5.51. The second-order valence-electron chi connectivity index (χ2n) is 7.64. The van der Waals surface area contributed by atoms with E-state index in [0.717, 1.165) is 16.4 Å². The van der Waals surface area contributed by atoms with Crippen LogP contribution in [0.4, 0.5) is 5.13 Å². The first kappa shape index (κ1) is 21.6. The van der Waals surface area contributed by atoms with Gasteiger partial charge in [-0.3, -0.25) is 0 Å². The maximum absolute atomic E-state index is 13.2. The number of aromatic nitrogens is 1. The summed E-state index contributed by atoms with van der Waals surface area (Å²) < 4.78 is 26.3. The number of hydrogen-bond donors (Lipinski definition) is 0. The zero-order valence-corrected chi connectivity index (χ0v) is 19.9. The molecule has 0 atom stereocenters. The number of nitrogens with zero attached hydrogens (tertiary/aromatic N) is 2. The second-order valence-corrected chi connectivity index (χ2v) is 11.5. The topological polar surface area (TPSA) is 50.3 Å². The maximum Gasteiger partial charge on any atom is 0.185 e. The van der Waals surface area contributed by atoms with Crippen molar-refractivity contribution in [3.05, 3.63) is 63.0 Å². The molecule has 1 fully saturated rings. The van der Waals surface area contributed by atoms with Crippen LogP contribution in [0, 0.1) is 13.8 Å². The van der Waals surface area contributed by atoms with Crippen molar-refractivity contribution in [2.24, 2.45) is 0 Å². The molecule has 0 unspecified atom stereocenters. The lowest BCUT2D eigenvalue weighted by Gasteiger charge is -2.31. The Balaban J connectivity index is 1.48. The SMILES string of the molecule is Cc1ccc(-c2csc(N3CCC(S(=O)(=O)c4cc(C)c(Cl)cc4Cl)CC3)n2)cc1. The number of halogens is 2. The summed E-state index contributed by atoms with van der Waals surface area (Å²) in [6.45, 7) is 5.14. The van der Waals surface area contributed by atoms with E-state index in [2.05, 4.69) is 41.5 Å². The first-order valence-electron chi connectivity index (χ1n) is 9.73. The second kappa shape index (κ2) is 8.50. The molecule has 8 heteroatoms. The van der Waals surface area contributed by atoms with Gasteiger partial charge in [0.2, 0.25) is 0 Å². The Bertz CT molecular complexity index is 1170. The maximum atomic E-state index is 13.2. The molecule has 0 amide bonds. The van der Waals surface area contributed by atoms with Crippen LogP contribution in [0.2, 0.25) is 10.0 Å². The molecule has 0 aliphatic carbocycles. The van der Waals surface area contributed by atoms with Crippen LogP contribution in [-0.4, -0.2) is 31.7 Å². The van der Waals surface area contributed by atoms with E-state index in [4.69, 9.17) is 28.2 Å². The van der Waals surface area contributed by atoms with E-state index in [0.29, 0.717) is 36.5 Å². The monoisotopic (exact) mass is 480 g/mol. The largest absolute Gasteiger partial charge is 0.348 e. The highest BCUT2D eigenvalue weighted by Crippen LogP contribution is 2.35. The van der Waals surface area contributed by atoms with Crippen molar-refractivity contribution >= 4 is 49.5 Å². The summed E-state index contributed by atoms with van der Waals surface area (Å²) in [5.41, 5.74) is 3.97. The molecule has 1 aliphatic heterocycles. The Morgan fingerprint density at radius 1 is 1.03 bits per heavy atom. The van der Waals surface area contributed by atoms with Crippen LogP contribution >= 0.6 is 34.5 Å². The minimum Gasteiger partial charge on any atom is -0.348 e. The lowest BCUT2D eigenvalue weighted by atomic mass is 10.1. The highest BCUT2D eigenvalue weighted by Gasteiger charge is 2.33. The number of hydrogen-bond acceptors (Lipinski definition) is 5. The van der Waals surface area contributed by atoms with Gasteiger partial charge < -0.3 is 4.90 Å². The molecule has 2 aromatic carbocycles. The normalized spacial score (nSPS) is 15.5. The van der Waals surface area contributed by atoms with Crippen molar-refractivity contribution in [3.63, 3.8) is 0 Å². The molecule has 2 heterocycles. The van der Waals surface area contributed by atoms with E-state index in [1.54, 1.807) is 24.3 Å². The average molecular weight is 481 g/mol. The number of piperidine rings is 1. The number of anilines is 1. The van der Waals surface area contributed by atoms with Crippen LogP contribution in [0.5, 0.6) is 0 Å². The van der Waals surface area contributed by atoms with Gasteiger partial charge >= 0.3 is 0 Å². The number of rotatable bonds is 4. The highest BCUT2D eigenvalue weighted by atomic mass is 35.5. The van der Waals surface area contributed by atoms with Crippen molar-refractivity contribution < 1.29 is 8.42 Å². The summed E-state index contributed by atoms with van der Waals surface area (Å²) in [6.07, 6.45) is 1.08. The van der Waals surface area contributed by atoms with Gasteiger partial charge in [-0.2, -0.15) is 0 Å². The molecule has 4 rings (SSSR count). The van der Waals surface area contributed by atoms with Crippen LogP contribution in [0.1, 0.15) is 24.0 Å². The Kier molecular flexibility index (Phi) is 6.13. The van der Waals surface area contributed by atoms with Gasteiger partial charge in [-0.25, -0.2) is 13.4 Å². The predicted octanol–water partition coefficient (Wildman–Crippen LogP) is 6.18. The zero-order chi connectivity index (χ0) is 21.5. The van der Waals surface area contributed by atoms with E-state index in [1.165, 1.54) is 11.6 Å². The Hall–Kier alpha value is -1.60. The molecule has 0 saturated carbocycles. The van der Waals surface area contributed by atoms with Crippen molar-refractivity contribution in [1.82, 2.24) is 4.98 Å². The van der Waals surface area contributed by atoms with Crippen molar-refractivity contribution in [3.8, 4) is 11.3 Å². The van der Waals surface area contributed by atoms with Crippen molar-refractivity contribution in [2.75, 3.05) is 18.0 Å². The number of benzene rings is 2. The van der Waals surface area contributed by atoms with E-state index in [9.17, 15) is 8.42 Å². The van der Waals surface area contributed by atoms with Gasteiger partial charge in [-0.05, 0) is 44.4 Å². The number of aryl methyl sites for hydroxylation is 2. The molecule has 0 spiro atoms. The van der Waals surface area contributed by atoms with Crippen LogP contribution in [0.15, 0.2) is 46.7 Å². The summed E-state index contributed by atoms with van der Waals surface area (Å²) in [5, 5.41) is 3.20. The Labute approximate surface area is 191 Å². The number of sulfone groups is 1. The third kappa shape index (κ3) is 4.24. The minimum atomic E-state index is -3.51. The zero-order valence-electron chi connectivity index (χ0n) is 16.7. The smallest absolute Gasteiger partial charge is 0.185 e. The summed E-state index contributed by atoms with van der Waals surface area (Å²) in [4.78, 5) is 7.12.